The molecule has 1 aromatic heterocycles. The normalized spacial score (nSPS) is 24.4. The van der Waals surface area contributed by atoms with E-state index >= 15 is 0 Å². The van der Waals surface area contributed by atoms with Crippen LogP contribution in [0.4, 0.5) is 0 Å². The van der Waals surface area contributed by atoms with E-state index in [4.69, 9.17) is 0 Å². The maximum Gasteiger partial charge on any atom is 0.0330 e. The van der Waals surface area contributed by atoms with Gasteiger partial charge in [-0.3, -0.25) is 4.90 Å². The lowest BCUT2D eigenvalue weighted by atomic mass is 9.95. The summed E-state index contributed by atoms with van der Waals surface area (Å²) in [6.07, 6.45) is 2.75. The highest BCUT2D eigenvalue weighted by Crippen LogP contribution is 2.25. The van der Waals surface area contributed by atoms with E-state index in [1.165, 1.54) is 29.1 Å². The Morgan fingerprint density at radius 2 is 2.00 bits per heavy atom. The zero-order chi connectivity index (χ0) is 14.5. The first-order valence-corrected chi connectivity index (χ1v) is 8.88. The van der Waals surface area contributed by atoms with Crippen LogP contribution in [0.2, 0.25) is 0 Å². The van der Waals surface area contributed by atoms with Crippen molar-refractivity contribution in [2.45, 2.75) is 59.7 Å². The summed E-state index contributed by atoms with van der Waals surface area (Å²) < 4.78 is 0. The minimum absolute atomic E-state index is 0.727. The summed E-state index contributed by atoms with van der Waals surface area (Å²) in [5.41, 5.74) is 0. The van der Waals surface area contributed by atoms with Gasteiger partial charge in [-0.25, -0.2) is 0 Å². The van der Waals surface area contributed by atoms with E-state index in [2.05, 4.69) is 50.0 Å². The Balaban J connectivity index is 1.82. The predicted molar refractivity (Wildman–Crippen MR) is 89.1 cm³/mol. The maximum atomic E-state index is 3.53. The second-order valence-electron chi connectivity index (χ2n) is 6.85. The van der Waals surface area contributed by atoms with Crippen molar-refractivity contribution in [3.8, 4) is 0 Å². The van der Waals surface area contributed by atoms with Gasteiger partial charge in [0.15, 0.2) is 0 Å². The summed E-state index contributed by atoms with van der Waals surface area (Å²) >= 11 is 1.98. The molecule has 20 heavy (non-hydrogen) atoms. The third-order valence-electron chi connectivity index (χ3n) is 4.17. The van der Waals surface area contributed by atoms with Gasteiger partial charge in [-0.1, -0.05) is 20.8 Å². The van der Waals surface area contributed by atoms with Crippen LogP contribution in [0.3, 0.4) is 0 Å². The zero-order valence-corrected chi connectivity index (χ0v) is 14.3. The number of hydrogen-bond donors (Lipinski definition) is 1. The smallest absolute Gasteiger partial charge is 0.0330 e. The van der Waals surface area contributed by atoms with Crippen molar-refractivity contribution >= 4 is 11.3 Å². The fourth-order valence-electron chi connectivity index (χ4n) is 2.89. The van der Waals surface area contributed by atoms with Crippen molar-refractivity contribution in [3.63, 3.8) is 0 Å². The molecule has 0 radical (unpaired) electrons. The molecule has 1 fully saturated rings. The van der Waals surface area contributed by atoms with Crippen molar-refractivity contribution in [2.24, 2.45) is 11.8 Å². The average molecular weight is 295 g/mol. The summed E-state index contributed by atoms with van der Waals surface area (Å²) in [7, 11) is 0. The second-order valence-corrected chi connectivity index (χ2v) is 8.11. The standard InChI is InChI=1S/C17H30N2S/c1-13(2)9-18-10-16-7-8-17(20-16)12-19-11-14(3)5-6-15(19)4/h7-8,13-15,18H,5-6,9-12H2,1-4H3. The van der Waals surface area contributed by atoms with Gasteiger partial charge in [0.2, 0.25) is 0 Å². The molecule has 0 spiro atoms. The summed E-state index contributed by atoms with van der Waals surface area (Å²) in [4.78, 5) is 5.65. The summed E-state index contributed by atoms with van der Waals surface area (Å²) in [6, 6.07) is 5.37. The molecule has 114 valence electrons. The molecule has 1 aliphatic heterocycles. The van der Waals surface area contributed by atoms with E-state index in [0.717, 1.165) is 37.5 Å². The molecular formula is C17H30N2S. The van der Waals surface area contributed by atoms with Crippen LogP contribution in [0, 0.1) is 11.8 Å². The van der Waals surface area contributed by atoms with Crippen LogP contribution >= 0.6 is 11.3 Å². The molecule has 2 heterocycles. The monoisotopic (exact) mass is 294 g/mol. The van der Waals surface area contributed by atoms with E-state index in [-0.39, 0.29) is 0 Å². The molecule has 2 unspecified atom stereocenters. The number of nitrogens with one attached hydrogen (secondary N) is 1. The van der Waals surface area contributed by atoms with Crippen molar-refractivity contribution in [1.82, 2.24) is 10.2 Å². The van der Waals surface area contributed by atoms with E-state index in [1.807, 2.05) is 11.3 Å². The van der Waals surface area contributed by atoms with Gasteiger partial charge in [0.1, 0.15) is 0 Å². The maximum absolute atomic E-state index is 3.53. The van der Waals surface area contributed by atoms with E-state index < -0.39 is 0 Å². The quantitative estimate of drug-likeness (QED) is 0.849. The molecule has 0 saturated carbocycles. The van der Waals surface area contributed by atoms with Gasteiger partial charge < -0.3 is 5.32 Å². The van der Waals surface area contributed by atoms with Gasteiger partial charge in [0, 0.05) is 35.4 Å². The highest BCUT2D eigenvalue weighted by molar-refractivity contribution is 7.11. The lowest BCUT2D eigenvalue weighted by Gasteiger charge is -2.36. The lowest BCUT2D eigenvalue weighted by Crippen LogP contribution is -2.40. The van der Waals surface area contributed by atoms with Gasteiger partial charge in [-0.2, -0.15) is 0 Å². The summed E-state index contributed by atoms with van der Waals surface area (Å²) in [5.74, 6) is 1.59. The number of thiophene rings is 1. The highest BCUT2D eigenvalue weighted by Gasteiger charge is 2.23. The van der Waals surface area contributed by atoms with Crippen molar-refractivity contribution in [1.29, 1.82) is 0 Å². The molecule has 1 saturated heterocycles. The largest absolute Gasteiger partial charge is 0.312 e. The fraction of sp³-hybridized carbons (Fsp3) is 0.765. The molecule has 3 heteroatoms. The molecule has 0 aromatic carbocycles. The Morgan fingerprint density at radius 1 is 1.25 bits per heavy atom. The van der Waals surface area contributed by atoms with E-state index in [1.54, 1.807) is 0 Å². The van der Waals surface area contributed by atoms with Crippen LogP contribution in [0.25, 0.3) is 0 Å². The van der Waals surface area contributed by atoms with Crippen LogP contribution in [0.5, 0.6) is 0 Å². The van der Waals surface area contributed by atoms with Gasteiger partial charge in [0.25, 0.3) is 0 Å². The zero-order valence-electron chi connectivity index (χ0n) is 13.5. The number of hydrogen-bond acceptors (Lipinski definition) is 3. The third-order valence-corrected chi connectivity index (χ3v) is 5.24. The first-order chi connectivity index (χ1) is 9.54. The first kappa shape index (κ1) is 16.0. The van der Waals surface area contributed by atoms with Crippen LogP contribution < -0.4 is 5.32 Å². The van der Waals surface area contributed by atoms with Crippen LogP contribution in [0.15, 0.2) is 12.1 Å². The minimum atomic E-state index is 0.727. The van der Waals surface area contributed by atoms with Crippen LogP contribution in [-0.4, -0.2) is 24.0 Å². The molecule has 2 rings (SSSR count). The minimum Gasteiger partial charge on any atom is -0.312 e. The number of piperidine rings is 1. The average Bonchev–Trinajstić information content (AvgIpc) is 2.81. The highest BCUT2D eigenvalue weighted by atomic mass is 32.1. The molecular weight excluding hydrogens is 264 g/mol. The Hall–Kier alpha value is -0.380. The Bertz CT molecular complexity index is 399. The van der Waals surface area contributed by atoms with Crippen LogP contribution in [0.1, 0.15) is 50.3 Å². The van der Waals surface area contributed by atoms with Crippen molar-refractivity contribution in [3.05, 3.63) is 21.9 Å². The lowest BCUT2D eigenvalue weighted by molar-refractivity contribution is 0.118. The fourth-order valence-corrected chi connectivity index (χ4v) is 3.90. The van der Waals surface area contributed by atoms with Gasteiger partial charge in [-0.05, 0) is 50.3 Å². The SMILES string of the molecule is CC(C)CNCc1ccc(CN2CC(C)CCC2C)s1. The van der Waals surface area contributed by atoms with Crippen molar-refractivity contribution in [2.75, 3.05) is 13.1 Å². The van der Waals surface area contributed by atoms with Gasteiger partial charge in [0.05, 0.1) is 0 Å². The number of nitrogens with zero attached hydrogens (tertiary/aromatic N) is 1. The Morgan fingerprint density at radius 3 is 2.75 bits per heavy atom. The molecule has 2 atom stereocenters. The number of rotatable bonds is 6. The molecule has 1 N–H and O–H groups in total. The van der Waals surface area contributed by atoms with E-state index in [0.29, 0.717) is 0 Å². The molecule has 0 amide bonds. The van der Waals surface area contributed by atoms with Gasteiger partial charge in [-0.15, -0.1) is 11.3 Å². The second kappa shape index (κ2) is 7.58. The molecule has 0 bridgehead atoms. The van der Waals surface area contributed by atoms with Crippen LogP contribution in [-0.2, 0) is 13.1 Å². The predicted octanol–water partition coefficient (Wildman–Crippen LogP) is 4.11. The summed E-state index contributed by atoms with van der Waals surface area (Å²) in [6.45, 7) is 13.8. The third kappa shape index (κ3) is 4.87. The topological polar surface area (TPSA) is 15.3 Å². The Kier molecular flexibility index (Phi) is 6.06. The Labute approximate surface area is 128 Å². The first-order valence-electron chi connectivity index (χ1n) is 8.07. The molecule has 2 nitrogen and oxygen atoms in total. The van der Waals surface area contributed by atoms with Gasteiger partial charge >= 0.3 is 0 Å². The molecule has 0 aliphatic carbocycles. The van der Waals surface area contributed by atoms with E-state index in [9.17, 15) is 0 Å². The van der Waals surface area contributed by atoms with Crippen molar-refractivity contribution < 1.29 is 0 Å². The molecule has 1 aliphatic rings. The number of likely N-dealkylation sites (tertiary alicyclic amines) is 1. The molecule has 1 aromatic rings. The summed E-state index contributed by atoms with van der Waals surface area (Å²) in [5, 5.41) is 3.53.